The lowest BCUT2D eigenvalue weighted by molar-refractivity contribution is 0.100. The molecule has 0 aliphatic rings. The standard InChI is InChI=1S/C25H17N7O2S/c1-13-9-17(18(11-29-13)21(27)33)20-16(7-8-28-23(20)34-2)24-32-22-25(35-24)31-19(12-30-22)15-5-3-14(10-26)4-6-15/h3-9,11-12H,1-2H3,(H2,27,33). The summed E-state index contributed by atoms with van der Waals surface area (Å²) in [5, 5.41) is 9.67. The van der Waals surface area contributed by atoms with Crippen LogP contribution in [0.4, 0.5) is 0 Å². The van der Waals surface area contributed by atoms with Gasteiger partial charge in [0, 0.05) is 34.8 Å². The van der Waals surface area contributed by atoms with Crippen molar-refractivity contribution in [3.63, 3.8) is 0 Å². The molecule has 35 heavy (non-hydrogen) atoms. The first-order chi connectivity index (χ1) is 17.0. The number of pyridine rings is 2. The van der Waals surface area contributed by atoms with Gasteiger partial charge in [-0.2, -0.15) is 5.26 Å². The van der Waals surface area contributed by atoms with Crippen molar-refractivity contribution in [2.24, 2.45) is 5.73 Å². The Kier molecular flexibility index (Phi) is 5.60. The lowest BCUT2D eigenvalue weighted by atomic mass is 9.97. The molecule has 0 saturated carbocycles. The van der Waals surface area contributed by atoms with Crippen molar-refractivity contribution in [1.29, 1.82) is 5.26 Å². The van der Waals surface area contributed by atoms with Crippen LogP contribution in [0.3, 0.4) is 0 Å². The van der Waals surface area contributed by atoms with E-state index in [-0.39, 0.29) is 5.56 Å². The number of nitrogens with two attached hydrogens (primary N) is 1. The van der Waals surface area contributed by atoms with Gasteiger partial charge >= 0.3 is 0 Å². The van der Waals surface area contributed by atoms with E-state index < -0.39 is 5.91 Å². The molecule has 0 aliphatic heterocycles. The predicted molar refractivity (Wildman–Crippen MR) is 132 cm³/mol. The smallest absolute Gasteiger partial charge is 0.250 e. The summed E-state index contributed by atoms with van der Waals surface area (Å²) in [6, 6.07) is 12.8. The molecule has 1 aromatic carbocycles. The van der Waals surface area contributed by atoms with Crippen molar-refractivity contribution in [3.8, 4) is 44.9 Å². The molecule has 5 rings (SSSR count). The molecule has 0 aliphatic carbocycles. The molecule has 0 radical (unpaired) electrons. The van der Waals surface area contributed by atoms with E-state index in [9.17, 15) is 4.79 Å². The Labute approximate surface area is 203 Å². The number of hydrogen-bond donors (Lipinski definition) is 1. The van der Waals surface area contributed by atoms with Crippen molar-refractivity contribution in [2.45, 2.75) is 6.92 Å². The summed E-state index contributed by atoms with van der Waals surface area (Å²) in [6.07, 6.45) is 4.72. The second-order valence-electron chi connectivity index (χ2n) is 7.57. The van der Waals surface area contributed by atoms with Crippen molar-refractivity contribution < 1.29 is 9.53 Å². The molecule has 0 saturated heterocycles. The first-order valence-electron chi connectivity index (χ1n) is 10.4. The third-order valence-corrected chi connectivity index (χ3v) is 6.32. The zero-order chi connectivity index (χ0) is 24.5. The minimum absolute atomic E-state index is 0.253. The molecule has 4 aromatic heterocycles. The van der Waals surface area contributed by atoms with Gasteiger partial charge in [-0.25, -0.2) is 19.9 Å². The largest absolute Gasteiger partial charge is 0.481 e. The number of aryl methyl sites for hydroxylation is 1. The highest BCUT2D eigenvalue weighted by atomic mass is 32.1. The van der Waals surface area contributed by atoms with Crippen molar-refractivity contribution >= 4 is 27.7 Å². The molecule has 5 aromatic rings. The molecule has 170 valence electrons. The second kappa shape index (κ2) is 8.89. The van der Waals surface area contributed by atoms with Crippen LogP contribution in [0.1, 0.15) is 21.6 Å². The predicted octanol–water partition coefficient (Wildman–Crippen LogP) is 4.16. The Balaban J connectivity index is 1.68. The number of hydrogen-bond acceptors (Lipinski definition) is 9. The molecule has 2 N–H and O–H groups in total. The quantitative estimate of drug-likeness (QED) is 0.396. The van der Waals surface area contributed by atoms with Gasteiger partial charge < -0.3 is 10.5 Å². The fraction of sp³-hybridized carbons (Fsp3) is 0.0800. The summed E-state index contributed by atoms with van der Waals surface area (Å²) in [6.45, 7) is 1.83. The van der Waals surface area contributed by atoms with E-state index in [1.54, 1.807) is 36.7 Å². The van der Waals surface area contributed by atoms with Crippen LogP contribution in [-0.4, -0.2) is 37.9 Å². The molecule has 0 unspecified atom stereocenters. The van der Waals surface area contributed by atoms with Crippen LogP contribution in [0.2, 0.25) is 0 Å². The number of benzene rings is 1. The number of nitriles is 1. The number of rotatable bonds is 5. The third-order valence-electron chi connectivity index (χ3n) is 5.35. The van der Waals surface area contributed by atoms with Gasteiger partial charge in [0.1, 0.15) is 5.01 Å². The molecular weight excluding hydrogens is 462 g/mol. The van der Waals surface area contributed by atoms with Crippen LogP contribution < -0.4 is 10.5 Å². The SMILES string of the molecule is COc1nccc(-c2nc3ncc(-c4ccc(C#N)cc4)nc3s2)c1-c1cc(C)ncc1C(N)=O. The van der Waals surface area contributed by atoms with E-state index in [2.05, 4.69) is 21.0 Å². The zero-order valence-electron chi connectivity index (χ0n) is 18.7. The summed E-state index contributed by atoms with van der Waals surface area (Å²) < 4.78 is 5.55. The molecule has 0 atom stereocenters. The molecule has 0 bridgehead atoms. The van der Waals surface area contributed by atoms with Gasteiger partial charge in [-0.15, -0.1) is 0 Å². The zero-order valence-corrected chi connectivity index (χ0v) is 19.5. The van der Waals surface area contributed by atoms with Gasteiger partial charge in [0.25, 0.3) is 5.91 Å². The Morgan fingerprint density at radius 1 is 1.06 bits per heavy atom. The minimum atomic E-state index is -0.607. The Bertz CT molecular complexity index is 1640. The Hall–Kier alpha value is -4.75. The summed E-state index contributed by atoms with van der Waals surface area (Å²) in [5.74, 6) is -0.280. The second-order valence-corrected chi connectivity index (χ2v) is 8.55. The number of ether oxygens (including phenoxy) is 1. The van der Waals surface area contributed by atoms with Crippen LogP contribution in [0.5, 0.6) is 5.88 Å². The van der Waals surface area contributed by atoms with E-state index in [0.717, 1.165) is 5.56 Å². The number of amides is 1. The highest BCUT2D eigenvalue weighted by Gasteiger charge is 2.22. The first-order valence-corrected chi connectivity index (χ1v) is 11.2. The lowest BCUT2D eigenvalue weighted by Gasteiger charge is -2.14. The molecule has 0 spiro atoms. The summed E-state index contributed by atoms with van der Waals surface area (Å²) >= 11 is 1.36. The van der Waals surface area contributed by atoms with Gasteiger partial charge in [0.15, 0.2) is 10.5 Å². The topological polar surface area (TPSA) is 141 Å². The maximum atomic E-state index is 12.2. The van der Waals surface area contributed by atoms with Crippen LogP contribution in [-0.2, 0) is 0 Å². The van der Waals surface area contributed by atoms with E-state index >= 15 is 0 Å². The monoisotopic (exact) mass is 479 g/mol. The van der Waals surface area contributed by atoms with Crippen molar-refractivity contribution in [1.82, 2.24) is 24.9 Å². The van der Waals surface area contributed by atoms with E-state index in [0.29, 0.717) is 55.0 Å². The maximum absolute atomic E-state index is 12.2. The lowest BCUT2D eigenvalue weighted by Crippen LogP contribution is -2.13. The number of fused-ring (bicyclic) bond motifs is 1. The van der Waals surface area contributed by atoms with Gasteiger partial charge in [-0.05, 0) is 31.2 Å². The minimum Gasteiger partial charge on any atom is -0.481 e. The molecule has 1 amide bonds. The van der Waals surface area contributed by atoms with Crippen LogP contribution in [0, 0.1) is 18.3 Å². The summed E-state index contributed by atoms with van der Waals surface area (Å²) in [7, 11) is 1.51. The average Bonchev–Trinajstić information content (AvgIpc) is 3.31. The number of aromatic nitrogens is 5. The molecule has 4 heterocycles. The number of nitrogens with zero attached hydrogens (tertiary/aromatic N) is 6. The van der Waals surface area contributed by atoms with E-state index in [1.165, 1.54) is 24.6 Å². The number of thiazole rings is 1. The van der Waals surface area contributed by atoms with Gasteiger partial charge in [0.2, 0.25) is 5.88 Å². The van der Waals surface area contributed by atoms with Gasteiger partial charge in [0.05, 0.1) is 41.8 Å². The summed E-state index contributed by atoms with van der Waals surface area (Å²) in [5.41, 5.74) is 11.0. The highest BCUT2D eigenvalue weighted by molar-refractivity contribution is 7.21. The van der Waals surface area contributed by atoms with Crippen molar-refractivity contribution in [2.75, 3.05) is 7.11 Å². The maximum Gasteiger partial charge on any atom is 0.250 e. The number of carbonyl (C=O) groups excluding carboxylic acids is 1. The van der Waals surface area contributed by atoms with Gasteiger partial charge in [-0.1, -0.05) is 23.5 Å². The van der Waals surface area contributed by atoms with E-state index in [1.807, 2.05) is 19.1 Å². The number of carbonyl (C=O) groups is 1. The average molecular weight is 480 g/mol. The fourth-order valence-corrected chi connectivity index (χ4v) is 4.62. The first kappa shape index (κ1) is 22.1. The van der Waals surface area contributed by atoms with Crippen LogP contribution in [0.25, 0.3) is 43.4 Å². The van der Waals surface area contributed by atoms with Gasteiger partial charge in [-0.3, -0.25) is 9.78 Å². The molecular formula is C25H17N7O2S. The fourth-order valence-electron chi connectivity index (χ4n) is 3.69. The Morgan fingerprint density at radius 3 is 2.57 bits per heavy atom. The number of methoxy groups -OCH3 is 1. The Morgan fingerprint density at radius 2 is 1.86 bits per heavy atom. The number of primary amides is 1. The summed E-state index contributed by atoms with van der Waals surface area (Å²) in [4.78, 5) is 35.3. The molecule has 0 fully saturated rings. The van der Waals surface area contributed by atoms with E-state index in [4.69, 9.17) is 25.7 Å². The third kappa shape index (κ3) is 4.05. The van der Waals surface area contributed by atoms with Crippen LogP contribution in [0.15, 0.2) is 55.0 Å². The normalized spacial score (nSPS) is 10.8. The molecule has 10 heteroatoms. The van der Waals surface area contributed by atoms with Crippen LogP contribution >= 0.6 is 11.3 Å². The van der Waals surface area contributed by atoms with Crippen molar-refractivity contribution in [3.05, 3.63) is 71.8 Å². The highest BCUT2D eigenvalue weighted by Crippen LogP contribution is 2.41. The molecule has 9 nitrogen and oxygen atoms in total.